The van der Waals surface area contributed by atoms with E-state index >= 15 is 0 Å². The predicted octanol–water partition coefficient (Wildman–Crippen LogP) is 3.13. The molecule has 0 bridgehead atoms. The first kappa shape index (κ1) is 8.32. The van der Waals surface area contributed by atoms with Crippen LogP contribution in [0.2, 0.25) is 0 Å². The molecular formula is C11H15. The standard InChI is InChI=1S/C11H15/c1-4-10-7-6-9(3)8-11(10)5-2/h4,6-8H,5H2,1-3H3. The van der Waals surface area contributed by atoms with Gasteiger partial charge in [0.15, 0.2) is 0 Å². The molecule has 11 heavy (non-hydrogen) atoms. The summed E-state index contributed by atoms with van der Waals surface area (Å²) in [4.78, 5) is 0. The Balaban J connectivity index is 3.06. The molecule has 1 aromatic carbocycles. The van der Waals surface area contributed by atoms with Gasteiger partial charge in [-0.3, -0.25) is 0 Å². The minimum atomic E-state index is 1.13. The summed E-state index contributed by atoms with van der Waals surface area (Å²) >= 11 is 0. The molecule has 0 fully saturated rings. The highest BCUT2D eigenvalue weighted by molar-refractivity contribution is 5.35. The van der Waals surface area contributed by atoms with Gasteiger partial charge in [0, 0.05) is 0 Å². The van der Waals surface area contributed by atoms with Crippen LogP contribution in [0.4, 0.5) is 0 Å². The molecule has 0 saturated heterocycles. The van der Waals surface area contributed by atoms with E-state index in [1.54, 1.807) is 0 Å². The second-order valence-electron chi connectivity index (χ2n) is 2.84. The van der Waals surface area contributed by atoms with Crippen LogP contribution >= 0.6 is 0 Å². The summed E-state index contributed by atoms with van der Waals surface area (Å²) in [6, 6.07) is 6.61. The molecule has 0 amide bonds. The Bertz CT molecular complexity index is 236. The van der Waals surface area contributed by atoms with Crippen LogP contribution in [0.15, 0.2) is 18.2 Å². The van der Waals surface area contributed by atoms with Crippen molar-refractivity contribution >= 4 is 0 Å². The van der Waals surface area contributed by atoms with E-state index in [1.807, 2.05) is 0 Å². The fourth-order valence-electron chi connectivity index (χ4n) is 1.32. The Morgan fingerprint density at radius 2 is 2.09 bits per heavy atom. The highest BCUT2D eigenvalue weighted by Crippen LogP contribution is 2.13. The molecule has 0 spiro atoms. The van der Waals surface area contributed by atoms with Gasteiger partial charge in [0.25, 0.3) is 0 Å². The summed E-state index contributed by atoms with van der Waals surface area (Å²) in [6.07, 6.45) is 3.29. The van der Waals surface area contributed by atoms with Gasteiger partial charge >= 0.3 is 0 Å². The lowest BCUT2D eigenvalue weighted by Crippen LogP contribution is -1.89. The third-order valence-corrected chi connectivity index (χ3v) is 1.99. The molecular weight excluding hydrogens is 132 g/mol. The Morgan fingerprint density at radius 1 is 1.36 bits per heavy atom. The van der Waals surface area contributed by atoms with E-state index in [4.69, 9.17) is 0 Å². The summed E-state index contributed by atoms with van der Waals surface area (Å²) in [5.74, 6) is 0. The average molecular weight is 147 g/mol. The molecule has 1 aromatic rings. The van der Waals surface area contributed by atoms with Crippen LogP contribution < -0.4 is 0 Å². The van der Waals surface area contributed by atoms with Gasteiger partial charge in [-0.05, 0) is 30.9 Å². The van der Waals surface area contributed by atoms with E-state index in [0.717, 1.165) is 6.42 Å². The fourth-order valence-corrected chi connectivity index (χ4v) is 1.32. The number of rotatable bonds is 2. The van der Waals surface area contributed by atoms with E-state index in [2.05, 4.69) is 45.4 Å². The first-order valence-corrected chi connectivity index (χ1v) is 4.16. The number of benzene rings is 1. The molecule has 0 unspecified atom stereocenters. The molecule has 0 nitrogen and oxygen atoms in total. The molecule has 0 saturated carbocycles. The maximum absolute atomic E-state index is 2.26. The van der Waals surface area contributed by atoms with Crippen molar-refractivity contribution in [1.29, 1.82) is 0 Å². The van der Waals surface area contributed by atoms with Crippen LogP contribution in [-0.2, 0) is 6.42 Å². The van der Waals surface area contributed by atoms with E-state index in [-0.39, 0.29) is 0 Å². The van der Waals surface area contributed by atoms with Gasteiger partial charge in [-0.15, -0.1) is 0 Å². The number of hydrogen-bond donors (Lipinski definition) is 0. The molecule has 0 heterocycles. The second kappa shape index (κ2) is 3.56. The molecule has 0 N–H and O–H groups in total. The van der Waals surface area contributed by atoms with Crippen LogP contribution in [0.5, 0.6) is 0 Å². The molecule has 0 aliphatic heterocycles. The lowest BCUT2D eigenvalue weighted by molar-refractivity contribution is 1.10. The fraction of sp³-hybridized carbons (Fsp3) is 0.364. The predicted molar refractivity (Wildman–Crippen MR) is 49.6 cm³/mol. The highest BCUT2D eigenvalue weighted by atomic mass is 14.0. The summed E-state index contributed by atoms with van der Waals surface area (Å²) in [5.41, 5.74) is 4.18. The second-order valence-corrected chi connectivity index (χ2v) is 2.84. The zero-order valence-corrected chi connectivity index (χ0v) is 7.52. The zero-order chi connectivity index (χ0) is 8.27. The van der Waals surface area contributed by atoms with E-state index in [1.165, 1.54) is 16.7 Å². The minimum absolute atomic E-state index is 1.13. The molecule has 0 heteroatoms. The molecule has 0 aliphatic rings. The van der Waals surface area contributed by atoms with Crippen molar-refractivity contribution in [3.63, 3.8) is 0 Å². The molecule has 1 radical (unpaired) electrons. The normalized spacial score (nSPS) is 10.1. The number of aryl methyl sites for hydroxylation is 2. The van der Waals surface area contributed by atoms with Crippen LogP contribution in [0, 0.1) is 13.3 Å². The summed E-state index contributed by atoms with van der Waals surface area (Å²) < 4.78 is 0. The van der Waals surface area contributed by atoms with Crippen LogP contribution in [0.25, 0.3) is 0 Å². The monoisotopic (exact) mass is 147 g/mol. The molecule has 0 aromatic heterocycles. The molecule has 0 atom stereocenters. The quantitative estimate of drug-likeness (QED) is 0.603. The van der Waals surface area contributed by atoms with E-state index in [0.29, 0.717) is 0 Å². The minimum Gasteiger partial charge on any atom is -0.0613 e. The summed E-state index contributed by atoms with van der Waals surface area (Å²) in [7, 11) is 0. The van der Waals surface area contributed by atoms with E-state index in [9.17, 15) is 0 Å². The lowest BCUT2D eigenvalue weighted by Gasteiger charge is -2.05. The van der Waals surface area contributed by atoms with Crippen molar-refractivity contribution in [3.05, 3.63) is 41.3 Å². The third-order valence-electron chi connectivity index (χ3n) is 1.99. The van der Waals surface area contributed by atoms with Crippen LogP contribution in [0.3, 0.4) is 0 Å². The average Bonchev–Trinajstić information content (AvgIpc) is 2.04. The summed E-state index contributed by atoms with van der Waals surface area (Å²) in [5, 5.41) is 0. The van der Waals surface area contributed by atoms with Gasteiger partial charge in [0.1, 0.15) is 0 Å². The SMILES string of the molecule is C[CH]c1ccc(C)cc1CC. The van der Waals surface area contributed by atoms with Gasteiger partial charge in [-0.2, -0.15) is 0 Å². The third kappa shape index (κ3) is 1.83. The van der Waals surface area contributed by atoms with Crippen molar-refractivity contribution in [2.24, 2.45) is 0 Å². The van der Waals surface area contributed by atoms with Gasteiger partial charge in [0.05, 0.1) is 0 Å². The van der Waals surface area contributed by atoms with Crippen molar-refractivity contribution in [1.82, 2.24) is 0 Å². The van der Waals surface area contributed by atoms with Gasteiger partial charge in [0.2, 0.25) is 0 Å². The van der Waals surface area contributed by atoms with Crippen molar-refractivity contribution < 1.29 is 0 Å². The van der Waals surface area contributed by atoms with Crippen LogP contribution in [0.1, 0.15) is 30.5 Å². The van der Waals surface area contributed by atoms with E-state index < -0.39 is 0 Å². The number of hydrogen-bond acceptors (Lipinski definition) is 0. The largest absolute Gasteiger partial charge is 0.0613 e. The molecule has 59 valence electrons. The molecule has 1 rings (SSSR count). The maximum atomic E-state index is 2.26. The Kier molecular flexibility index (Phi) is 2.70. The van der Waals surface area contributed by atoms with Gasteiger partial charge < -0.3 is 0 Å². The first-order valence-electron chi connectivity index (χ1n) is 4.16. The summed E-state index contributed by atoms with van der Waals surface area (Å²) in [6.45, 7) is 6.42. The Hall–Kier alpha value is -0.780. The lowest BCUT2D eigenvalue weighted by atomic mass is 10.0. The van der Waals surface area contributed by atoms with Gasteiger partial charge in [-0.1, -0.05) is 37.6 Å². The smallest absolute Gasteiger partial charge is 0.0121 e. The topological polar surface area (TPSA) is 0 Å². The highest BCUT2D eigenvalue weighted by Gasteiger charge is 1.97. The van der Waals surface area contributed by atoms with Crippen LogP contribution in [-0.4, -0.2) is 0 Å². The first-order chi connectivity index (χ1) is 5.27. The Labute approximate surface area is 69.3 Å². The molecule has 0 aliphatic carbocycles. The zero-order valence-electron chi connectivity index (χ0n) is 7.52. The van der Waals surface area contributed by atoms with Crippen molar-refractivity contribution in [3.8, 4) is 0 Å². The van der Waals surface area contributed by atoms with Crippen molar-refractivity contribution in [2.75, 3.05) is 0 Å². The van der Waals surface area contributed by atoms with Gasteiger partial charge in [-0.25, -0.2) is 0 Å². The van der Waals surface area contributed by atoms with Crippen molar-refractivity contribution in [2.45, 2.75) is 27.2 Å². The Morgan fingerprint density at radius 3 is 2.64 bits per heavy atom. The maximum Gasteiger partial charge on any atom is -0.0121 e.